The molecule has 0 spiro atoms. The first-order valence-electron chi connectivity index (χ1n) is 6.23. The number of H-pyrrole nitrogens is 1. The van der Waals surface area contributed by atoms with Gasteiger partial charge in [-0.05, 0) is 17.7 Å². The van der Waals surface area contributed by atoms with Crippen LogP contribution in [0.25, 0.3) is 10.9 Å². The van der Waals surface area contributed by atoms with Crippen LogP contribution in [0.15, 0.2) is 47.4 Å². The number of aromatic amines is 1. The predicted molar refractivity (Wildman–Crippen MR) is 76.0 cm³/mol. The maximum atomic E-state index is 12.0. The number of ether oxygens (including phenoxy) is 1. The first-order chi connectivity index (χ1) is 9.76. The van der Waals surface area contributed by atoms with Crippen molar-refractivity contribution in [2.75, 3.05) is 7.11 Å². The van der Waals surface area contributed by atoms with Gasteiger partial charge < -0.3 is 9.72 Å². The molecule has 0 amide bonds. The zero-order valence-electron chi connectivity index (χ0n) is 11.0. The van der Waals surface area contributed by atoms with Crippen LogP contribution in [0.4, 0.5) is 0 Å². The second-order valence-electron chi connectivity index (χ2n) is 4.42. The highest BCUT2D eigenvalue weighted by Crippen LogP contribution is 2.11. The summed E-state index contributed by atoms with van der Waals surface area (Å²) >= 11 is 0. The van der Waals surface area contributed by atoms with Crippen LogP contribution in [-0.2, 0) is 6.42 Å². The van der Waals surface area contributed by atoms with Crippen molar-refractivity contribution in [1.29, 1.82) is 0 Å². The highest BCUT2D eigenvalue weighted by Gasteiger charge is 2.04. The van der Waals surface area contributed by atoms with Crippen molar-refractivity contribution in [3.05, 3.63) is 64.3 Å². The molecular weight excluding hydrogens is 254 g/mol. The Bertz CT molecular complexity index is 794. The molecule has 0 saturated heterocycles. The van der Waals surface area contributed by atoms with Gasteiger partial charge in [-0.15, -0.1) is 0 Å². The molecule has 100 valence electrons. The van der Waals surface area contributed by atoms with Gasteiger partial charge in [0.1, 0.15) is 5.82 Å². The second kappa shape index (κ2) is 5.13. The van der Waals surface area contributed by atoms with Crippen molar-refractivity contribution < 1.29 is 4.74 Å². The zero-order chi connectivity index (χ0) is 13.9. The SMILES string of the molecule is COc1ccc(Cc2nc3ccccc3c(=O)[nH]2)cn1. The first-order valence-corrected chi connectivity index (χ1v) is 6.23. The Balaban J connectivity index is 1.96. The fraction of sp³-hybridized carbons (Fsp3) is 0.133. The van der Waals surface area contributed by atoms with Gasteiger partial charge in [0.25, 0.3) is 5.56 Å². The summed E-state index contributed by atoms with van der Waals surface area (Å²) in [5, 5.41) is 0.601. The molecule has 1 aromatic carbocycles. The van der Waals surface area contributed by atoms with E-state index in [9.17, 15) is 4.79 Å². The summed E-state index contributed by atoms with van der Waals surface area (Å²) in [4.78, 5) is 23.4. The first kappa shape index (κ1) is 12.3. The van der Waals surface area contributed by atoms with Crippen molar-refractivity contribution in [3.8, 4) is 5.88 Å². The average molecular weight is 267 g/mol. The molecule has 0 atom stereocenters. The molecule has 5 heteroatoms. The molecule has 0 saturated carbocycles. The van der Waals surface area contributed by atoms with E-state index in [1.807, 2.05) is 24.3 Å². The lowest BCUT2D eigenvalue weighted by Gasteiger charge is -2.04. The van der Waals surface area contributed by atoms with Gasteiger partial charge in [-0.25, -0.2) is 9.97 Å². The summed E-state index contributed by atoms with van der Waals surface area (Å²) < 4.78 is 5.01. The molecule has 0 bridgehead atoms. The van der Waals surface area contributed by atoms with Crippen LogP contribution in [-0.4, -0.2) is 22.1 Å². The van der Waals surface area contributed by atoms with Crippen molar-refractivity contribution in [2.24, 2.45) is 0 Å². The largest absolute Gasteiger partial charge is 0.481 e. The Kier molecular flexibility index (Phi) is 3.16. The molecule has 0 aliphatic heterocycles. The molecule has 0 fully saturated rings. The Labute approximate surface area is 115 Å². The lowest BCUT2D eigenvalue weighted by molar-refractivity contribution is 0.397. The predicted octanol–water partition coefficient (Wildman–Crippen LogP) is 1.92. The third-order valence-corrected chi connectivity index (χ3v) is 3.04. The molecular formula is C15H13N3O2. The summed E-state index contributed by atoms with van der Waals surface area (Å²) in [6.45, 7) is 0. The molecule has 2 aromatic heterocycles. The van der Waals surface area contributed by atoms with Gasteiger partial charge in [0.15, 0.2) is 0 Å². The molecule has 0 radical (unpaired) electrons. The van der Waals surface area contributed by atoms with E-state index >= 15 is 0 Å². The van der Waals surface area contributed by atoms with Gasteiger partial charge in [-0.3, -0.25) is 4.79 Å². The maximum absolute atomic E-state index is 12.0. The highest BCUT2D eigenvalue weighted by molar-refractivity contribution is 5.77. The van der Waals surface area contributed by atoms with E-state index in [-0.39, 0.29) is 5.56 Å². The number of nitrogens with one attached hydrogen (secondary N) is 1. The quantitative estimate of drug-likeness (QED) is 0.787. The minimum atomic E-state index is -0.118. The average Bonchev–Trinajstić information content (AvgIpc) is 2.48. The molecule has 0 aliphatic rings. The van der Waals surface area contributed by atoms with Crippen molar-refractivity contribution in [1.82, 2.24) is 15.0 Å². The molecule has 0 aliphatic carbocycles. The zero-order valence-corrected chi connectivity index (χ0v) is 11.0. The van der Waals surface area contributed by atoms with Gasteiger partial charge in [-0.2, -0.15) is 0 Å². The van der Waals surface area contributed by atoms with Crippen LogP contribution in [0, 0.1) is 0 Å². The number of para-hydroxylation sites is 1. The summed E-state index contributed by atoms with van der Waals surface area (Å²) in [5.74, 6) is 1.19. The number of hydrogen-bond acceptors (Lipinski definition) is 4. The Hall–Kier alpha value is -2.69. The van der Waals surface area contributed by atoms with E-state index in [1.54, 1.807) is 25.4 Å². The van der Waals surface area contributed by atoms with Gasteiger partial charge in [0.05, 0.1) is 18.0 Å². The standard InChI is InChI=1S/C15H13N3O2/c1-20-14-7-6-10(9-16-14)8-13-17-12-5-3-2-4-11(12)15(19)18-13/h2-7,9H,8H2,1H3,(H,17,18,19). The molecule has 3 rings (SSSR count). The molecule has 0 unspecified atom stereocenters. The van der Waals surface area contributed by atoms with E-state index in [1.165, 1.54) is 0 Å². The van der Waals surface area contributed by atoms with Crippen LogP contribution in [0.2, 0.25) is 0 Å². The van der Waals surface area contributed by atoms with Crippen LogP contribution in [0.3, 0.4) is 0 Å². The van der Waals surface area contributed by atoms with Gasteiger partial charge >= 0.3 is 0 Å². The summed E-state index contributed by atoms with van der Waals surface area (Å²) in [5.41, 5.74) is 1.55. The molecule has 20 heavy (non-hydrogen) atoms. The number of nitrogens with zero attached hydrogens (tertiary/aromatic N) is 2. The maximum Gasteiger partial charge on any atom is 0.258 e. The summed E-state index contributed by atoms with van der Waals surface area (Å²) in [7, 11) is 1.57. The number of methoxy groups -OCH3 is 1. The molecule has 2 heterocycles. The van der Waals surface area contributed by atoms with E-state index < -0.39 is 0 Å². The number of benzene rings is 1. The van der Waals surface area contributed by atoms with E-state index in [2.05, 4.69) is 15.0 Å². The van der Waals surface area contributed by atoms with Crippen molar-refractivity contribution >= 4 is 10.9 Å². The van der Waals surface area contributed by atoms with Gasteiger partial charge in [0, 0.05) is 18.7 Å². The van der Waals surface area contributed by atoms with Crippen molar-refractivity contribution in [3.63, 3.8) is 0 Å². The smallest absolute Gasteiger partial charge is 0.258 e. The normalized spacial score (nSPS) is 10.7. The lowest BCUT2D eigenvalue weighted by Crippen LogP contribution is -2.12. The minimum Gasteiger partial charge on any atom is -0.481 e. The number of rotatable bonds is 3. The number of fused-ring (bicyclic) bond motifs is 1. The van der Waals surface area contributed by atoms with E-state index in [0.29, 0.717) is 29.0 Å². The fourth-order valence-electron chi connectivity index (χ4n) is 2.05. The van der Waals surface area contributed by atoms with E-state index in [4.69, 9.17) is 4.74 Å². The molecule has 1 N–H and O–H groups in total. The third-order valence-electron chi connectivity index (χ3n) is 3.04. The van der Waals surface area contributed by atoms with Gasteiger partial charge in [-0.1, -0.05) is 18.2 Å². The van der Waals surface area contributed by atoms with Crippen LogP contribution in [0.1, 0.15) is 11.4 Å². The van der Waals surface area contributed by atoms with Gasteiger partial charge in [0.2, 0.25) is 5.88 Å². The summed E-state index contributed by atoms with van der Waals surface area (Å²) in [6, 6.07) is 11.0. The molecule has 3 aromatic rings. The third kappa shape index (κ3) is 2.38. The minimum absolute atomic E-state index is 0.118. The monoisotopic (exact) mass is 267 g/mol. The highest BCUT2D eigenvalue weighted by atomic mass is 16.5. The van der Waals surface area contributed by atoms with E-state index in [0.717, 1.165) is 5.56 Å². The van der Waals surface area contributed by atoms with Crippen LogP contribution >= 0.6 is 0 Å². The number of aromatic nitrogens is 3. The Morgan fingerprint density at radius 1 is 1.20 bits per heavy atom. The summed E-state index contributed by atoms with van der Waals surface area (Å²) in [6.07, 6.45) is 2.24. The lowest BCUT2D eigenvalue weighted by atomic mass is 10.2. The number of pyridine rings is 1. The van der Waals surface area contributed by atoms with Crippen molar-refractivity contribution in [2.45, 2.75) is 6.42 Å². The van der Waals surface area contributed by atoms with Crippen LogP contribution in [0.5, 0.6) is 5.88 Å². The fourth-order valence-corrected chi connectivity index (χ4v) is 2.05. The number of hydrogen-bond donors (Lipinski definition) is 1. The Morgan fingerprint density at radius 2 is 2.05 bits per heavy atom. The second-order valence-corrected chi connectivity index (χ2v) is 4.42. The van der Waals surface area contributed by atoms with Crippen LogP contribution < -0.4 is 10.3 Å². The molecule has 5 nitrogen and oxygen atoms in total. The Morgan fingerprint density at radius 3 is 2.80 bits per heavy atom. The topological polar surface area (TPSA) is 67.9 Å².